The molecule has 1 heterocycles. The predicted molar refractivity (Wildman–Crippen MR) is 58.7 cm³/mol. The number of hydrogen-bond acceptors (Lipinski definition) is 4. The zero-order chi connectivity index (χ0) is 12.2. The molecular weight excluding hydrogens is 208 g/mol. The summed E-state index contributed by atoms with van der Waals surface area (Å²) in [6.07, 6.45) is 3.52. The van der Waals surface area contributed by atoms with Gasteiger partial charge in [-0.2, -0.15) is 0 Å². The molecule has 1 rings (SSSR count). The molecule has 0 unspecified atom stereocenters. The van der Waals surface area contributed by atoms with E-state index < -0.39 is 11.6 Å². The van der Waals surface area contributed by atoms with Crippen LogP contribution in [0, 0.1) is 0 Å². The minimum atomic E-state index is -0.923. The van der Waals surface area contributed by atoms with Crippen LogP contribution in [0.1, 0.15) is 40.0 Å². The van der Waals surface area contributed by atoms with Crippen molar-refractivity contribution in [3.8, 4) is 0 Å². The van der Waals surface area contributed by atoms with Crippen LogP contribution in [0.5, 0.6) is 0 Å². The maximum atomic E-state index is 11.5. The Morgan fingerprint density at radius 3 is 2.81 bits per heavy atom. The molecule has 0 saturated carbocycles. The van der Waals surface area contributed by atoms with Gasteiger partial charge in [-0.25, -0.2) is 4.79 Å². The van der Waals surface area contributed by atoms with Crippen molar-refractivity contribution in [2.75, 3.05) is 6.61 Å². The zero-order valence-corrected chi connectivity index (χ0v) is 10.0. The maximum Gasteiger partial charge on any atom is 0.373 e. The second kappa shape index (κ2) is 5.14. The Hall–Kier alpha value is -1.32. The van der Waals surface area contributed by atoms with Gasteiger partial charge in [0.15, 0.2) is 11.4 Å². The van der Waals surface area contributed by atoms with Crippen molar-refractivity contribution >= 4 is 11.8 Å². The molecule has 0 aliphatic carbocycles. The molecule has 0 radical (unpaired) electrons. The zero-order valence-electron chi connectivity index (χ0n) is 10.0. The summed E-state index contributed by atoms with van der Waals surface area (Å²) in [4.78, 5) is 23.0. The number of ketones is 1. The van der Waals surface area contributed by atoms with Crippen LogP contribution in [0.3, 0.4) is 0 Å². The van der Waals surface area contributed by atoms with E-state index in [4.69, 9.17) is 9.47 Å². The number of allylic oxidation sites excluding steroid dienone is 1. The highest BCUT2D eigenvalue weighted by molar-refractivity contribution is 5.94. The first-order valence-corrected chi connectivity index (χ1v) is 5.57. The van der Waals surface area contributed by atoms with Crippen LogP contribution in [0.4, 0.5) is 0 Å². The number of carbonyl (C=O) groups is 2. The van der Waals surface area contributed by atoms with E-state index in [0.29, 0.717) is 6.61 Å². The van der Waals surface area contributed by atoms with Gasteiger partial charge in [0.25, 0.3) is 0 Å². The first-order valence-electron chi connectivity index (χ1n) is 5.57. The van der Waals surface area contributed by atoms with Gasteiger partial charge in [-0.05, 0) is 26.3 Å². The van der Waals surface area contributed by atoms with Crippen LogP contribution in [-0.4, -0.2) is 24.0 Å². The van der Waals surface area contributed by atoms with Crippen LogP contribution in [0.2, 0.25) is 0 Å². The maximum absolute atomic E-state index is 11.5. The molecule has 1 aliphatic heterocycles. The molecule has 0 saturated heterocycles. The van der Waals surface area contributed by atoms with Gasteiger partial charge >= 0.3 is 5.97 Å². The van der Waals surface area contributed by atoms with E-state index in [0.717, 1.165) is 12.8 Å². The summed E-state index contributed by atoms with van der Waals surface area (Å²) in [6.45, 7) is 5.72. The number of esters is 1. The van der Waals surface area contributed by atoms with E-state index in [1.807, 2.05) is 6.92 Å². The highest BCUT2D eigenvalue weighted by Gasteiger charge is 2.35. The lowest BCUT2D eigenvalue weighted by molar-refractivity contribution is -0.151. The molecule has 0 N–H and O–H groups in total. The third-order valence-electron chi connectivity index (χ3n) is 2.44. The first kappa shape index (κ1) is 12.7. The number of hydrogen-bond donors (Lipinski definition) is 0. The summed E-state index contributed by atoms with van der Waals surface area (Å²) < 4.78 is 10.3. The SMILES string of the molecule is CCCCOC(=O)C1=CCC(=O)C(C)(C)O1. The molecular formula is C12H18O4. The lowest BCUT2D eigenvalue weighted by atomic mass is 9.98. The standard InChI is InChI=1S/C12H18O4/c1-4-5-8-15-11(14)9-6-7-10(13)12(2,3)16-9/h6H,4-5,7-8H2,1-3H3. The normalized spacial score (nSPS) is 18.7. The van der Waals surface area contributed by atoms with Crippen LogP contribution < -0.4 is 0 Å². The minimum Gasteiger partial charge on any atom is -0.473 e. The highest BCUT2D eigenvalue weighted by Crippen LogP contribution is 2.24. The summed E-state index contributed by atoms with van der Waals surface area (Å²) >= 11 is 0. The van der Waals surface area contributed by atoms with Crippen molar-refractivity contribution in [1.29, 1.82) is 0 Å². The second-order valence-corrected chi connectivity index (χ2v) is 4.30. The second-order valence-electron chi connectivity index (χ2n) is 4.30. The fourth-order valence-corrected chi connectivity index (χ4v) is 1.31. The first-order chi connectivity index (χ1) is 7.47. The van der Waals surface area contributed by atoms with Gasteiger partial charge in [-0.3, -0.25) is 4.79 Å². The van der Waals surface area contributed by atoms with Crippen LogP contribution in [0.15, 0.2) is 11.8 Å². The number of Topliss-reactive ketones (excluding diaryl/α,β-unsaturated/α-hetero) is 1. The van der Waals surface area contributed by atoms with Crippen LogP contribution in [-0.2, 0) is 19.1 Å². The molecule has 4 nitrogen and oxygen atoms in total. The van der Waals surface area contributed by atoms with Gasteiger partial charge in [0.05, 0.1) is 6.61 Å². The third kappa shape index (κ3) is 3.08. The van der Waals surface area contributed by atoms with E-state index in [-0.39, 0.29) is 18.0 Å². The van der Waals surface area contributed by atoms with Gasteiger partial charge in [0.1, 0.15) is 0 Å². The summed E-state index contributed by atoms with van der Waals surface area (Å²) in [5.74, 6) is -0.354. The third-order valence-corrected chi connectivity index (χ3v) is 2.44. The van der Waals surface area contributed by atoms with Crippen molar-refractivity contribution in [3.63, 3.8) is 0 Å². The Labute approximate surface area is 95.6 Å². The molecule has 4 heteroatoms. The largest absolute Gasteiger partial charge is 0.473 e. The molecule has 0 bridgehead atoms. The molecule has 0 aromatic heterocycles. The Bertz CT molecular complexity index is 315. The molecule has 0 spiro atoms. The monoisotopic (exact) mass is 226 g/mol. The van der Waals surface area contributed by atoms with Crippen molar-refractivity contribution < 1.29 is 19.1 Å². The van der Waals surface area contributed by atoms with Gasteiger partial charge in [0, 0.05) is 6.42 Å². The van der Waals surface area contributed by atoms with Crippen molar-refractivity contribution in [2.45, 2.75) is 45.6 Å². The minimum absolute atomic E-state index is 0.0300. The van der Waals surface area contributed by atoms with Gasteiger partial charge < -0.3 is 9.47 Å². The van der Waals surface area contributed by atoms with Gasteiger partial charge in [-0.15, -0.1) is 0 Å². The molecule has 0 amide bonds. The van der Waals surface area contributed by atoms with E-state index in [9.17, 15) is 9.59 Å². The summed E-state index contributed by atoms with van der Waals surface area (Å²) in [5, 5.41) is 0. The molecule has 1 aliphatic rings. The molecule has 0 atom stereocenters. The molecule has 0 aromatic carbocycles. The van der Waals surface area contributed by atoms with Crippen molar-refractivity contribution in [3.05, 3.63) is 11.8 Å². The molecule has 90 valence electrons. The lowest BCUT2D eigenvalue weighted by Crippen LogP contribution is -2.38. The average molecular weight is 226 g/mol. The van der Waals surface area contributed by atoms with E-state index in [2.05, 4.69) is 0 Å². The molecule has 0 fully saturated rings. The summed E-state index contributed by atoms with van der Waals surface area (Å²) in [6, 6.07) is 0. The number of rotatable bonds is 4. The quantitative estimate of drug-likeness (QED) is 0.543. The fraction of sp³-hybridized carbons (Fsp3) is 0.667. The topological polar surface area (TPSA) is 52.6 Å². The number of ether oxygens (including phenoxy) is 2. The van der Waals surface area contributed by atoms with E-state index in [1.165, 1.54) is 6.08 Å². The van der Waals surface area contributed by atoms with Crippen LogP contribution >= 0.6 is 0 Å². The average Bonchev–Trinajstić information content (AvgIpc) is 2.22. The van der Waals surface area contributed by atoms with E-state index >= 15 is 0 Å². The van der Waals surface area contributed by atoms with Crippen molar-refractivity contribution in [2.24, 2.45) is 0 Å². The number of unbranched alkanes of at least 4 members (excludes halogenated alkanes) is 1. The van der Waals surface area contributed by atoms with E-state index in [1.54, 1.807) is 13.8 Å². The van der Waals surface area contributed by atoms with Crippen LogP contribution in [0.25, 0.3) is 0 Å². The lowest BCUT2D eigenvalue weighted by Gasteiger charge is -2.28. The Morgan fingerprint density at radius 1 is 1.56 bits per heavy atom. The highest BCUT2D eigenvalue weighted by atomic mass is 16.6. The molecule has 16 heavy (non-hydrogen) atoms. The van der Waals surface area contributed by atoms with Gasteiger partial charge in [0.2, 0.25) is 5.76 Å². The predicted octanol–water partition coefficient (Wildman–Crippen LogP) is 1.98. The smallest absolute Gasteiger partial charge is 0.373 e. The summed E-state index contributed by atoms with van der Waals surface area (Å²) in [7, 11) is 0. The summed E-state index contributed by atoms with van der Waals surface area (Å²) in [5.41, 5.74) is -0.923. The Balaban J connectivity index is 2.55. The Morgan fingerprint density at radius 2 is 2.25 bits per heavy atom. The molecule has 0 aromatic rings. The van der Waals surface area contributed by atoms with Crippen molar-refractivity contribution in [1.82, 2.24) is 0 Å². The Kier molecular flexibility index (Phi) is 4.10. The number of carbonyl (C=O) groups excluding carboxylic acids is 2. The fourth-order valence-electron chi connectivity index (χ4n) is 1.31. The van der Waals surface area contributed by atoms with Gasteiger partial charge in [-0.1, -0.05) is 13.3 Å².